The third kappa shape index (κ3) is 2.83. The second-order valence-electron chi connectivity index (χ2n) is 4.37. The summed E-state index contributed by atoms with van der Waals surface area (Å²) in [6.45, 7) is 0.842. The highest BCUT2D eigenvalue weighted by atomic mass is 16.6. The van der Waals surface area contributed by atoms with Crippen molar-refractivity contribution in [2.75, 3.05) is 17.6 Å². The van der Waals surface area contributed by atoms with Crippen molar-refractivity contribution in [2.24, 2.45) is 5.92 Å². The summed E-state index contributed by atoms with van der Waals surface area (Å²) in [6.07, 6.45) is 5.10. The zero-order chi connectivity index (χ0) is 12.3. The Morgan fingerprint density at radius 1 is 1.53 bits per heavy atom. The molecule has 0 saturated heterocycles. The average molecular weight is 236 g/mol. The molecule has 0 unspecified atom stereocenters. The molecule has 1 aliphatic carbocycles. The Balaban J connectivity index is 1.88. The quantitative estimate of drug-likeness (QED) is 0.603. The van der Waals surface area contributed by atoms with Gasteiger partial charge in [-0.1, -0.05) is 19.3 Å². The SMILES string of the molecule is Nc1nc(NCCC2CCC2)ccc1[N+](=O)[O-]. The molecule has 1 heterocycles. The molecule has 0 bridgehead atoms. The van der Waals surface area contributed by atoms with Crippen molar-refractivity contribution < 1.29 is 4.92 Å². The first-order valence-corrected chi connectivity index (χ1v) is 5.81. The standard InChI is InChI=1S/C11H16N4O2/c12-11-9(15(16)17)4-5-10(14-11)13-7-6-8-2-1-3-8/h4-5,8H,1-3,6-7H2,(H3,12,13,14). The van der Waals surface area contributed by atoms with Crippen LogP contribution in [-0.4, -0.2) is 16.5 Å². The van der Waals surface area contributed by atoms with Gasteiger partial charge < -0.3 is 11.1 Å². The van der Waals surface area contributed by atoms with E-state index in [0.29, 0.717) is 5.82 Å². The molecule has 0 radical (unpaired) electrons. The topological polar surface area (TPSA) is 94.1 Å². The number of anilines is 2. The maximum Gasteiger partial charge on any atom is 0.311 e. The molecular weight excluding hydrogens is 220 g/mol. The van der Waals surface area contributed by atoms with E-state index < -0.39 is 4.92 Å². The van der Waals surface area contributed by atoms with Crippen LogP contribution in [0.15, 0.2) is 12.1 Å². The molecule has 1 saturated carbocycles. The number of pyridine rings is 1. The van der Waals surface area contributed by atoms with Gasteiger partial charge in [-0.3, -0.25) is 10.1 Å². The van der Waals surface area contributed by atoms with Crippen LogP contribution in [0.2, 0.25) is 0 Å². The third-order valence-corrected chi connectivity index (χ3v) is 3.18. The molecule has 3 N–H and O–H groups in total. The van der Waals surface area contributed by atoms with Crippen LogP contribution in [0.25, 0.3) is 0 Å². The summed E-state index contributed by atoms with van der Waals surface area (Å²) < 4.78 is 0. The first-order chi connectivity index (χ1) is 8.16. The molecule has 0 spiro atoms. The van der Waals surface area contributed by atoms with Crippen molar-refractivity contribution in [3.63, 3.8) is 0 Å². The van der Waals surface area contributed by atoms with Crippen molar-refractivity contribution in [1.29, 1.82) is 0 Å². The molecule has 2 rings (SSSR count). The van der Waals surface area contributed by atoms with Crippen molar-refractivity contribution in [1.82, 2.24) is 4.98 Å². The van der Waals surface area contributed by atoms with Crippen LogP contribution < -0.4 is 11.1 Å². The van der Waals surface area contributed by atoms with E-state index in [-0.39, 0.29) is 11.5 Å². The Bertz CT molecular complexity index is 418. The van der Waals surface area contributed by atoms with Crippen molar-refractivity contribution in [3.8, 4) is 0 Å². The van der Waals surface area contributed by atoms with Crippen molar-refractivity contribution in [3.05, 3.63) is 22.2 Å². The summed E-state index contributed by atoms with van der Waals surface area (Å²) in [5.74, 6) is 1.40. The fraction of sp³-hybridized carbons (Fsp3) is 0.545. The van der Waals surface area contributed by atoms with Crippen LogP contribution in [0, 0.1) is 16.0 Å². The monoisotopic (exact) mass is 236 g/mol. The minimum Gasteiger partial charge on any atom is -0.378 e. The Morgan fingerprint density at radius 3 is 2.82 bits per heavy atom. The lowest BCUT2D eigenvalue weighted by atomic mass is 9.83. The van der Waals surface area contributed by atoms with Crippen LogP contribution in [-0.2, 0) is 0 Å². The Hall–Kier alpha value is -1.85. The molecule has 6 heteroatoms. The molecule has 1 aromatic rings. The number of nitro groups is 1. The molecular formula is C11H16N4O2. The van der Waals surface area contributed by atoms with E-state index in [1.807, 2.05) is 0 Å². The van der Waals surface area contributed by atoms with Gasteiger partial charge in [-0.15, -0.1) is 0 Å². The van der Waals surface area contributed by atoms with Crippen molar-refractivity contribution >= 4 is 17.3 Å². The Labute approximate surface area is 99.4 Å². The van der Waals surface area contributed by atoms with Gasteiger partial charge in [-0.05, 0) is 18.4 Å². The molecule has 1 aromatic heterocycles. The number of rotatable bonds is 5. The zero-order valence-corrected chi connectivity index (χ0v) is 9.56. The van der Waals surface area contributed by atoms with Crippen LogP contribution in [0.5, 0.6) is 0 Å². The van der Waals surface area contributed by atoms with E-state index in [2.05, 4.69) is 10.3 Å². The molecule has 1 fully saturated rings. The Kier molecular flexibility index (Phi) is 3.41. The smallest absolute Gasteiger partial charge is 0.311 e. The maximum absolute atomic E-state index is 10.5. The van der Waals surface area contributed by atoms with E-state index in [4.69, 9.17) is 5.73 Å². The number of nitrogen functional groups attached to an aromatic ring is 1. The van der Waals surface area contributed by atoms with Gasteiger partial charge in [0.05, 0.1) is 4.92 Å². The third-order valence-electron chi connectivity index (χ3n) is 3.18. The molecule has 0 amide bonds. The highest BCUT2D eigenvalue weighted by molar-refractivity contribution is 5.57. The van der Waals surface area contributed by atoms with Gasteiger partial charge in [0.25, 0.3) is 0 Å². The zero-order valence-electron chi connectivity index (χ0n) is 9.56. The Morgan fingerprint density at radius 2 is 2.29 bits per heavy atom. The van der Waals surface area contributed by atoms with E-state index in [1.54, 1.807) is 6.07 Å². The number of nitrogens with one attached hydrogen (secondary N) is 1. The fourth-order valence-corrected chi connectivity index (χ4v) is 1.91. The second kappa shape index (κ2) is 4.99. The summed E-state index contributed by atoms with van der Waals surface area (Å²) >= 11 is 0. The molecule has 0 aliphatic heterocycles. The van der Waals surface area contributed by atoms with E-state index in [0.717, 1.165) is 18.9 Å². The number of aromatic nitrogens is 1. The molecule has 6 nitrogen and oxygen atoms in total. The number of nitrogens with two attached hydrogens (primary N) is 1. The largest absolute Gasteiger partial charge is 0.378 e. The van der Waals surface area contributed by atoms with E-state index in [9.17, 15) is 10.1 Å². The average Bonchev–Trinajstić information content (AvgIpc) is 2.21. The van der Waals surface area contributed by atoms with Gasteiger partial charge in [-0.2, -0.15) is 0 Å². The highest BCUT2D eigenvalue weighted by Crippen LogP contribution is 2.29. The fourth-order valence-electron chi connectivity index (χ4n) is 1.91. The summed E-state index contributed by atoms with van der Waals surface area (Å²) in [6, 6.07) is 2.98. The van der Waals surface area contributed by atoms with Crippen LogP contribution >= 0.6 is 0 Å². The number of hydrogen-bond acceptors (Lipinski definition) is 5. The predicted molar refractivity (Wildman–Crippen MR) is 65.8 cm³/mol. The second-order valence-corrected chi connectivity index (χ2v) is 4.37. The summed E-state index contributed by atoms with van der Waals surface area (Å²) in [4.78, 5) is 14.0. The minimum atomic E-state index is -0.527. The summed E-state index contributed by atoms with van der Waals surface area (Å²) in [5.41, 5.74) is 5.35. The molecule has 17 heavy (non-hydrogen) atoms. The first kappa shape index (κ1) is 11.6. The molecule has 0 atom stereocenters. The number of hydrogen-bond donors (Lipinski definition) is 2. The lowest BCUT2D eigenvalue weighted by Crippen LogP contribution is -2.16. The minimum absolute atomic E-state index is 0.0383. The van der Waals surface area contributed by atoms with Crippen LogP contribution in [0.3, 0.4) is 0 Å². The van der Waals surface area contributed by atoms with Gasteiger partial charge in [0.2, 0.25) is 5.82 Å². The highest BCUT2D eigenvalue weighted by Gasteiger charge is 2.17. The van der Waals surface area contributed by atoms with E-state index >= 15 is 0 Å². The van der Waals surface area contributed by atoms with Crippen molar-refractivity contribution in [2.45, 2.75) is 25.7 Å². The lowest BCUT2D eigenvalue weighted by Gasteiger charge is -2.25. The van der Waals surface area contributed by atoms with Gasteiger partial charge in [-0.25, -0.2) is 4.98 Å². The van der Waals surface area contributed by atoms with Gasteiger partial charge in [0.15, 0.2) is 0 Å². The lowest BCUT2D eigenvalue weighted by molar-refractivity contribution is -0.384. The number of nitrogens with zero attached hydrogens (tertiary/aromatic N) is 2. The normalized spacial score (nSPS) is 15.3. The maximum atomic E-state index is 10.5. The van der Waals surface area contributed by atoms with Gasteiger partial charge >= 0.3 is 5.69 Å². The van der Waals surface area contributed by atoms with Crippen LogP contribution in [0.4, 0.5) is 17.3 Å². The first-order valence-electron chi connectivity index (χ1n) is 5.81. The van der Waals surface area contributed by atoms with Gasteiger partial charge in [0.1, 0.15) is 5.82 Å². The van der Waals surface area contributed by atoms with Crippen LogP contribution in [0.1, 0.15) is 25.7 Å². The predicted octanol–water partition coefficient (Wildman–Crippen LogP) is 2.17. The molecule has 0 aromatic carbocycles. The van der Waals surface area contributed by atoms with Gasteiger partial charge in [0, 0.05) is 12.6 Å². The van der Waals surface area contributed by atoms with E-state index in [1.165, 1.54) is 25.3 Å². The molecule has 1 aliphatic rings. The summed E-state index contributed by atoms with van der Waals surface area (Å²) in [5, 5.41) is 13.7. The summed E-state index contributed by atoms with van der Waals surface area (Å²) in [7, 11) is 0. The molecule has 92 valence electrons.